The van der Waals surface area contributed by atoms with Gasteiger partial charge in [0.15, 0.2) is 5.16 Å². The molecule has 0 bridgehead atoms. The second kappa shape index (κ2) is 9.67. The van der Waals surface area contributed by atoms with Crippen LogP contribution in [0.4, 0.5) is 10.1 Å². The minimum atomic E-state index is -0.496. The molecule has 4 rings (SSSR count). The molecule has 164 valence electrons. The van der Waals surface area contributed by atoms with E-state index in [1.54, 1.807) is 16.7 Å². The Morgan fingerprint density at radius 3 is 2.59 bits per heavy atom. The number of carbonyl (C=O) groups excluding carboxylic acids is 1. The van der Waals surface area contributed by atoms with Crippen molar-refractivity contribution in [1.29, 1.82) is 0 Å². The average Bonchev–Trinajstić information content (AvgIpc) is 3.10. The van der Waals surface area contributed by atoms with E-state index >= 15 is 0 Å². The maximum Gasteiger partial charge on any atom is 0.267 e. The molecule has 0 unspecified atom stereocenters. The van der Waals surface area contributed by atoms with E-state index in [4.69, 9.17) is 4.98 Å². The van der Waals surface area contributed by atoms with Crippen LogP contribution in [0.5, 0.6) is 0 Å². The van der Waals surface area contributed by atoms with Crippen LogP contribution in [-0.4, -0.2) is 21.2 Å². The summed E-state index contributed by atoms with van der Waals surface area (Å²) < 4.78 is 15.4. The van der Waals surface area contributed by atoms with E-state index in [1.807, 2.05) is 37.3 Å². The number of nitrogens with zero attached hydrogens (tertiary/aromatic N) is 2. The van der Waals surface area contributed by atoms with E-state index in [0.717, 1.165) is 35.0 Å². The molecule has 0 aliphatic carbocycles. The fourth-order valence-electron chi connectivity index (χ4n) is 3.46. The molecule has 0 aliphatic rings. The first-order valence-corrected chi connectivity index (χ1v) is 12.1. The average molecular weight is 468 g/mol. The fourth-order valence-corrected chi connectivity index (χ4v) is 5.59. The van der Waals surface area contributed by atoms with Gasteiger partial charge < -0.3 is 5.32 Å². The van der Waals surface area contributed by atoms with Gasteiger partial charge in [-0.15, -0.1) is 11.3 Å². The molecule has 0 aliphatic heterocycles. The second-order valence-electron chi connectivity index (χ2n) is 7.27. The third-order valence-electron chi connectivity index (χ3n) is 5.00. The van der Waals surface area contributed by atoms with Gasteiger partial charge >= 0.3 is 0 Å². The number of amides is 1. The predicted molar refractivity (Wildman–Crippen MR) is 130 cm³/mol. The summed E-state index contributed by atoms with van der Waals surface area (Å²) in [5.41, 5.74) is 1.64. The Kier molecular flexibility index (Phi) is 6.72. The first-order valence-electron chi connectivity index (χ1n) is 10.3. The lowest BCUT2D eigenvalue weighted by Gasteiger charge is -2.12. The Balaban J connectivity index is 1.71. The van der Waals surface area contributed by atoms with E-state index in [-0.39, 0.29) is 22.9 Å². The van der Waals surface area contributed by atoms with E-state index in [0.29, 0.717) is 21.1 Å². The fraction of sp³-hybridized carbons (Fsp3) is 0.208. The van der Waals surface area contributed by atoms with Gasteiger partial charge in [0.2, 0.25) is 5.91 Å². The van der Waals surface area contributed by atoms with E-state index in [1.165, 1.54) is 23.5 Å². The summed E-state index contributed by atoms with van der Waals surface area (Å²) in [6.07, 6.45) is 1.88. The van der Waals surface area contributed by atoms with Crippen molar-refractivity contribution >= 4 is 44.9 Å². The van der Waals surface area contributed by atoms with Gasteiger partial charge in [-0.05, 0) is 43.2 Å². The number of hydrogen-bond acceptors (Lipinski definition) is 5. The minimum absolute atomic E-state index is 0.00864. The zero-order chi connectivity index (χ0) is 22.7. The summed E-state index contributed by atoms with van der Waals surface area (Å²) in [4.78, 5) is 32.6. The van der Waals surface area contributed by atoms with E-state index in [9.17, 15) is 14.0 Å². The quantitative estimate of drug-likeness (QED) is 0.285. The molecular weight excluding hydrogens is 445 g/mol. The lowest BCUT2D eigenvalue weighted by Crippen LogP contribution is -2.23. The third kappa shape index (κ3) is 4.47. The SMILES string of the molecule is CCCc1sc2nc(SCC(=O)Nc3ccccc3F)n(-c3ccccc3)c(=O)c2c1C. The number of carbonyl (C=O) groups is 1. The highest BCUT2D eigenvalue weighted by molar-refractivity contribution is 7.99. The smallest absolute Gasteiger partial charge is 0.267 e. The molecule has 2 aromatic heterocycles. The highest BCUT2D eigenvalue weighted by Gasteiger charge is 2.20. The van der Waals surface area contributed by atoms with Crippen molar-refractivity contribution in [3.8, 4) is 5.69 Å². The minimum Gasteiger partial charge on any atom is -0.323 e. The molecular formula is C24H22FN3O2S2. The number of para-hydroxylation sites is 2. The highest BCUT2D eigenvalue weighted by Crippen LogP contribution is 2.31. The second-order valence-corrected chi connectivity index (χ2v) is 9.29. The molecule has 0 saturated heterocycles. The van der Waals surface area contributed by atoms with Crippen molar-refractivity contribution in [2.75, 3.05) is 11.1 Å². The molecule has 4 aromatic rings. The normalized spacial score (nSPS) is 11.1. The number of fused-ring (bicyclic) bond motifs is 1. The van der Waals surface area contributed by atoms with Crippen LogP contribution in [0.1, 0.15) is 23.8 Å². The van der Waals surface area contributed by atoms with Gasteiger partial charge in [-0.3, -0.25) is 14.2 Å². The van der Waals surface area contributed by atoms with Gasteiger partial charge in [-0.1, -0.05) is 55.4 Å². The molecule has 32 heavy (non-hydrogen) atoms. The number of aryl methyl sites for hydroxylation is 2. The molecule has 0 spiro atoms. The number of anilines is 1. The van der Waals surface area contributed by atoms with Crippen molar-refractivity contribution in [3.63, 3.8) is 0 Å². The van der Waals surface area contributed by atoms with Gasteiger partial charge in [0.1, 0.15) is 10.6 Å². The van der Waals surface area contributed by atoms with Crippen molar-refractivity contribution in [2.24, 2.45) is 0 Å². The molecule has 8 heteroatoms. The van der Waals surface area contributed by atoms with Crippen LogP contribution in [0, 0.1) is 12.7 Å². The Hall–Kier alpha value is -2.97. The van der Waals surface area contributed by atoms with Crippen LogP contribution < -0.4 is 10.9 Å². The van der Waals surface area contributed by atoms with Gasteiger partial charge in [-0.25, -0.2) is 9.37 Å². The standard InChI is InChI=1S/C24H22FN3O2S2/c1-3-9-19-15(2)21-22(32-19)27-24(28(23(21)30)16-10-5-4-6-11-16)31-14-20(29)26-18-13-8-7-12-17(18)25/h4-8,10-13H,3,9,14H2,1-2H3,(H,26,29). The summed E-state index contributed by atoms with van der Waals surface area (Å²) in [6.45, 7) is 4.08. The monoisotopic (exact) mass is 467 g/mol. The highest BCUT2D eigenvalue weighted by atomic mass is 32.2. The maximum atomic E-state index is 13.9. The Morgan fingerprint density at radius 1 is 1.16 bits per heavy atom. The van der Waals surface area contributed by atoms with Crippen LogP contribution in [0.3, 0.4) is 0 Å². The number of aromatic nitrogens is 2. The predicted octanol–water partition coefficient (Wildman–Crippen LogP) is 5.58. The summed E-state index contributed by atoms with van der Waals surface area (Å²) in [7, 11) is 0. The lowest BCUT2D eigenvalue weighted by molar-refractivity contribution is -0.113. The van der Waals surface area contributed by atoms with E-state index in [2.05, 4.69) is 12.2 Å². The number of halogens is 1. The topological polar surface area (TPSA) is 64.0 Å². The van der Waals surface area contributed by atoms with Gasteiger partial charge in [0.05, 0.1) is 22.5 Å². The summed E-state index contributed by atoms with van der Waals surface area (Å²) >= 11 is 2.69. The number of thiophene rings is 1. The van der Waals surface area contributed by atoms with Gasteiger partial charge in [0, 0.05) is 4.88 Å². The number of rotatable bonds is 7. The van der Waals surface area contributed by atoms with Crippen LogP contribution >= 0.6 is 23.1 Å². The molecule has 2 heterocycles. The van der Waals surface area contributed by atoms with Crippen LogP contribution in [0.25, 0.3) is 15.9 Å². The van der Waals surface area contributed by atoms with Gasteiger partial charge in [-0.2, -0.15) is 0 Å². The molecule has 5 nitrogen and oxygen atoms in total. The molecule has 0 atom stereocenters. The van der Waals surface area contributed by atoms with E-state index < -0.39 is 5.82 Å². The van der Waals surface area contributed by atoms with Crippen LogP contribution in [-0.2, 0) is 11.2 Å². The summed E-state index contributed by atoms with van der Waals surface area (Å²) in [6, 6.07) is 15.3. The first-order chi connectivity index (χ1) is 15.5. The van der Waals surface area contributed by atoms with Crippen LogP contribution in [0.15, 0.2) is 64.5 Å². The summed E-state index contributed by atoms with van der Waals surface area (Å²) in [5, 5.41) is 3.63. The zero-order valence-corrected chi connectivity index (χ0v) is 19.4. The number of hydrogen-bond donors (Lipinski definition) is 1. The molecule has 0 radical (unpaired) electrons. The molecule has 1 N–H and O–H groups in total. The largest absolute Gasteiger partial charge is 0.323 e. The van der Waals surface area contributed by atoms with Crippen molar-refractivity contribution < 1.29 is 9.18 Å². The Morgan fingerprint density at radius 2 is 1.88 bits per heavy atom. The molecule has 0 fully saturated rings. The maximum absolute atomic E-state index is 13.9. The molecule has 0 saturated carbocycles. The Bertz CT molecular complexity index is 1330. The van der Waals surface area contributed by atoms with Crippen molar-refractivity contribution in [2.45, 2.75) is 31.8 Å². The zero-order valence-electron chi connectivity index (χ0n) is 17.7. The van der Waals surface area contributed by atoms with Crippen LogP contribution in [0.2, 0.25) is 0 Å². The van der Waals surface area contributed by atoms with Gasteiger partial charge in [0.25, 0.3) is 5.56 Å². The molecule has 1 amide bonds. The summed E-state index contributed by atoms with van der Waals surface area (Å²) in [5.74, 6) is -0.877. The van der Waals surface area contributed by atoms with Crippen molar-refractivity contribution in [1.82, 2.24) is 9.55 Å². The number of thioether (sulfide) groups is 1. The Labute approximate surface area is 193 Å². The number of nitrogens with one attached hydrogen (secondary N) is 1. The third-order valence-corrected chi connectivity index (χ3v) is 7.19. The lowest BCUT2D eigenvalue weighted by atomic mass is 10.1. The first kappa shape index (κ1) is 22.2. The van der Waals surface area contributed by atoms with Crippen molar-refractivity contribution in [3.05, 3.63) is 81.2 Å². The number of benzene rings is 2. The molecule has 2 aromatic carbocycles.